The Morgan fingerprint density at radius 1 is 0.600 bits per heavy atom. The first-order valence-electron chi connectivity index (χ1n) is 15.0. The average Bonchev–Trinajstić information content (AvgIpc) is 3.74. The Hall–Kier alpha value is -0.0000000000000000555. The second-order valence-electron chi connectivity index (χ2n) is 11.1. The number of unbranched alkanes of at least 4 members (excludes halogenated alkanes) is 2. The van der Waals surface area contributed by atoms with E-state index in [1.807, 2.05) is 45.3 Å². The molecule has 0 spiro atoms. The number of rotatable bonds is 14. The number of fused-ring (bicyclic) bond motifs is 2. The molecule has 5 rings (SSSR count). The van der Waals surface area contributed by atoms with Gasteiger partial charge in [0.25, 0.3) is 0 Å². The largest absolute Gasteiger partial charge is 0.140 e. The number of benzene rings is 1. The molecule has 40 heavy (non-hydrogen) atoms. The molecule has 4 aromatic heterocycles. The van der Waals surface area contributed by atoms with E-state index in [2.05, 4.69) is 109 Å². The van der Waals surface area contributed by atoms with Crippen LogP contribution in [0.3, 0.4) is 0 Å². The minimum absolute atomic E-state index is 0.806. The summed E-state index contributed by atoms with van der Waals surface area (Å²) in [4.78, 5) is 6.00. The van der Waals surface area contributed by atoms with Crippen LogP contribution in [0.4, 0.5) is 0 Å². The number of hydrogen-bond acceptors (Lipinski definition) is 4. The SMILES string of the molecule is CCCCC(CC)Cc1ccc(-c2c3cc(I)sc3c(-c3ccc(CC(CC)CCCC)s3)c3cc(I)sc23)s1. The molecule has 214 valence electrons. The van der Waals surface area contributed by atoms with Crippen molar-refractivity contribution in [1.82, 2.24) is 0 Å². The van der Waals surface area contributed by atoms with Crippen LogP contribution in [0.15, 0.2) is 36.4 Å². The van der Waals surface area contributed by atoms with E-state index in [9.17, 15) is 0 Å². The van der Waals surface area contributed by atoms with Crippen LogP contribution in [-0.4, -0.2) is 0 Å². The molecular weight excluding hydrogens is 790 g/mol. The standard InChI is InChI=1S/C34H40I2S4/c1-5-9-11-21(7-3)17-23-13-15-27(37-23)31-25-19-29(35)40-34(25)32(26-20-30(36)39-33(26)31)28-16-14-24(38-28)18-22(8-4)12-10-6-2/h13-16,19-22H,5-12,17-18H2,1-4H3. The molecule has 6 heteroatoms. The van der Waals surface area contributed by atoms with Crippen LogP contribution in [0.5, 0.6) is 0 Å². The van der Waals surface area contributed by atoms with Crippen molar-refractivity contribution >= 4 is 111 Å². The van der Waals surface area contributed by atoms with Gasteiger partial charge in [0.2, 0.25) is 0 Å². The van der Waals surface area contributed by atoms with Crippen molar-refractivity contribution in [3.05, 3.63) is 51.9 Å². The summed E-state index contributed by atoms with van der Waals surface area (Å²) in [5.74, 6) is 1.61. The van der Waals surface area contributed by atoms with Crippen molar-refractivity contribution in [2.75, 3.05) is 0 Å². The van der Waals surface area contributed by atoms with E-state index >= 15 is 0 Å². The zero-order chi connectivity index (χ0) is 28.2. The molecule has 0 nitrogen and oxygen atoms in total. The Kier molecular flexibility index (Phi) is 11.5. The Balaban J connectivity index is 1.57. The van der Waals surface area contributed by atoms with Crippen molar-refractivity contribution in [1.29, 1.82) is 0 Å². The monoisotopic (exact) mass is 830 g/mol. The maximum Gasteiger partial charge on any atom is 0.0666 e. The molecule has 0 N–H and O–H groups in total. The van der Waals surface area contributed by atoms with Crippen LogP contribution in [0.2, 0.25) is 0 Å². The molecule has 0 bridgehead atoms. The van der Waals surface area contributed by atoms with Gasteiger partial charge in [-0.25, -0.2) is 0 Å². The molecule has 0 aliphatic rings. The highest BCUT2D eigenvalue weighted by Gasteiger charge is 2.23. The number of halogens is 2. The Morgan fingerprint density at radius 3 is 1.40 bits per heavy atom. The molecule has 0 fully saturated rings. The highest BCUT2D eigenvalue weighted by Crippen LogP contribution is 2.52. The summed E-state index contributed by atoms with van der Waals surface area (Å²) >= 11 is 13.1. The molecule has 0 saturated heterocycles. The lowest BCUT2D eigenvalue weighted by atomic mass is 9.95. The minimum atomic E-state index is 0.806. The van der Waals surface area contributed by atoms with Crippen molar-refractivity contribution in [2.24, 2.45) is 11.8 Å². The smallest absolute Gasteiger partial charge is 0.0666 e. The Bertz CT molecular complexity index is 1380. The zero-order valence-electron chi connectivity index (χ0n) is 24.1. The highest BCUT2D eigenvalue weighted by molar-refractivity contribution is 14.1. The minimum Gasteiger partial charge on any atom is -0.140 e. The van der Waals surface area contributed by atoms with Crippen LogP contribution in [0.25, 0.3) is 41.1 Å². The second kappa shape index (κ2) is 14.7. The van der Waals surface area contributed by atoms with E-state index in [-0.39, 0.29) is 0 Å². The molecular formula is C34H40I2S4. The molecule has 0 radical (unpaired) electrons. The molecule has 2 unspecified atom stereocenters. The maximum absolute atomic E-state index is 2.54. The van der Waals surface area contributed by atoms with Gasteiger partial charge in [0.05, 0.1) is 5.77 Å². The van der Waals surface area contributed by atoms with Crippen LogP contribution in [0, 0.1) is 17.6 Å². The molecule has 0 amide bonds. The molecule has 0 aliphatic heterocycles. The summed E-state index contributed by atoms with van der Waals surface area (Å²) in [7, 11) is 0. The van der Waals surface area contributed by atoms with Gasteiger partial charge in [0.15, 0.2) is 0 Å². The van der Waals surface area contributed by atoms with Gasteiger partial charge in [-0.1, -0.05) is 79.1 Å². The summed E-state index contributed by atoms with van der Waals surface area (Å²) in [6.45, 7) is 9.36. The molecule has 0 saturated carbocycles. The van der Waals surface area contributed by atoms with Crippen LogP contribution in [0.1, 0.15) is 88.8 Å². The highest BCUT2D eigenvalue weighted by atomic mass is 127. The van der Waals surface area contributed by atoms with E-state index in [0.29, 0.717) is 0 Å². The van der Waals surface area contributed by atoms with Gasteiger partial charge in [0.1, 0.15) is 0 Å². The average molecular weight is 831 g/mol. The summed E-state index contributed by atoms with van der Waals surface area (Å²) in [6.07, 6.45) is 13.0. The van der Waals surface area contributed by atoms with Crippen LogP contribution < -0.4 is 0 Å². The predicted molar refractivity (Wildman–Crippen MR) is 203 cm³/mol. The van der Waals surface area contributed by atoms with Gasteiger partial charge in [-0.2, -0.15) is 0 Å². The molecule has 2 atom stereocenters. The predicted octanol–water partition coefficient (Wildman–Crippen LogP) is 14.3. The summed E-state index contributed by atoms with van der Waals surface area (Å²) in [5.41, 5.74) is 2.95. The van der Waals surface area contributed by atoms with Crippen LogP contribution in [-0.2, 0) is 12.8 Å². The van der Waals surface area contributed by atoms with E-state index < -0.39 is 0 Å². The van der Waals surface area contributed by atoms with E-state index in [1.165, 1.54) is 111 Å². The van der Waals surface area contributed by atoms with Gasteiger partial charge in [-0.15, -0.1) is 45.3 Å². The zero-order valence-corrected chi connectivity index (χ0v) is 31.7. The first-order chi connectivity index (χ1) is 19.4. The third-order valence-corrected chi connectivity index (χ3v) is 14.4. The van der Waals surface area contributed by atoms with Crippen molar-refractivity contribution in [2.45, 2.75) is 91.9 Å². The van der Waals surface area contributed by atoms with Crippen molar-refractivity contribution in [3.63, 3.8) is 0 Å². The van der Waals surface area contributed by atoms with Gasteiger partial charge >= 0.3 is 0 Å². The van der Waals surface area contributed by atoms with E-state index in [4.69, 9.17) is 0 Å². The first kappa shape index (κ1) is 31.4. The van der Waals surface area contributed by atoms with Gasteiger partial charge < -0.3 is 0 Å². The number of hydrogen-bond donors (Lipinski definition) is 0. The lowest BCUT2D eigenvalue weighted by molar-refractivity contribution is 0.452. The van der Waals surface area contributed by atoms with Gasteiger partial charge in [0, 0.05) is 50.8 Å². The second-order valence-corrected chi connectivity index (χ2v) is 19.3. The first-order valence-corrected chi connectivity index (χ1v) is 20.4. The number of thiophene rings is 4. The Labute approximate surface area is 284 Å². The van der Waals surface area contributed by atoms with Crippen molar-refractivity contribution in [3.8, 4) is 20.9 Å². The fraction of sp³-hybridized carbons (Fsp3) is 0.471. The molecule has 5 aromatic rings. The third-order valence-electron chi connectivity index (χ3n) is 8.28. The quantitative estimate of drug-likeness (QED) is 0.0978. The fourth-order valence-electron chi connectivity index (χ4n) is 5.90. The third kappa shape index (κ3) is 7.03. The molecule has 0 aliphatic carbocycles. The normalized spacial score (nSPS) is 13.6. The molecule has 1 aromatic carbocycles. The molecule has 4 heterocycles. The summed E-state index contributed by atoms with van der Waals surface area (Å²) in [5, 5.41) is 2.90. The summed E-state index contributed by atoms with van der Waals surface area (Å²) in [6, 6.07) is 14.6. The lowest BCUT2D eigenvalue weighted by Gasteiger charge is -2.13. The van der Waals surface area contributed by atoms with Crippen LogP contribution >= 0.6 is 90.5 Å². The summed E-state index contributed by atoms with van der Waals surface area (Å²) < 4.78 is 5.70. The van der Waals surface area contributed by atoms with Gasteiger partial charge in [-0.05, 0) is 106 Å². The topological polar surface area (TPSA) is 0 Å². The Morgan fingerprint density at radius 2 is 1.02 bits per heavy atom. The maximum atomic E-state index is 2.54. The van der Waals surface area contributed by atoms with E-state index in [0.717, 1.165) is 11.8 Å². The van der Waals surface area contributed by atoms with E-state index in [1.54, 1.807) is 9.75 Å². The van der Waals surface area contributed by atoms with Gasteiger partial charge in [-0.3, -0.25) is 0 Å². The van der Waals surface area contributed by atoms with Crippen molar-refractivity contribution < 1.29 is 0 Å². The fourth-order valence-corrected chi connectivity index (χ4v) is 12.3. The lowest BCUT2D eigenvalue weighted by Crippen LogP contribution is -2.01.